The van der Waals surface area contributed by atoms with Gasteiger partial charge in [0.1, 0.15) is 11.5 Å². The molecule has 3 nitrogen and oxygen atoms in total. The number of unbranched alkanes of at least 4 members (excludes halogenated alkanes) is 1. The molecule has 0 amide bonds. The number of aliphatic imine (C=N–C) groups is 1. The monoisotopic (exact) mass is 357 g/mol. The average molecular weight is 358 g/mol. The van der Waals surface area contributed by atoms with Crippen molar-refractivity contribution in [3.8, 4) is 0 Å². The summed E-state index contributed by atoms with van der Waals surface area (Å²) in [5.74, 6) is -0.608. The Bertz CT molecular complexity index is 483. The Morgan fingerprint density at radius 1 is 1.29 bits per heavy atom. The van der Waals surface area contributed by atoms with Crippen LogP contribution in [0.4, 0.5) is 10.1 Å². The van der Waals surface area contributed by atoms with Gasteiger partial charge in [0.15, 0.2) is 0 Å². The number of nitrogens with zero attached hydrogens (tertiary/aromatic N) is 1. The number of carbonyl (C=O) groups is 1. The zero-order valence-corrected chi connectivity index (χ0v) is 14.1. The number of hydrogen-bond donors (Lipinski definition) is 0. The number of hydrogen-bond acceptors (Lipinski definition) is 3. The second kappa shape index (κ2) is 9.66. The first-order valence-electron chi connectivity index (χ1n) is 7.24. The van der Waals surface area contributed by atoms with Crippen molar-refractivity contribution < 1.29 is 13.9 Å². The van der Waals surface area contributed by atoms with Crippen molar-refractivity contribution in [1.82, 2.24) is 0 Å². The summed E-state index contributed by atoms with van der Waals surface area (Å²) < 4.78 is 19.4. The maximum Gasteiger partial charge on any atom is 0.306 e. The van der Waals surface area contributed by atoms with Crippen molar-refractivity contribution in [2.45, 2.75) is 46.0 Å². The van der Waals surface area contributed by atoms with E-state index >= 15 is 0 Å². The molecule has 0 unspecified atom stereocenters. The minimum atomic E-state index is -0.366. The van der Waals surface area contributed by atoms with Crippen LogP contribution in [0.25, 0.3) is 0 Å². The summed E-state index contributed by atoms with van der Waals surface area (Å²) >= 11 is 3.31. The highest BCUT2D eigenvalue weighted by Gasteiger charge is 2.10. The minimum Gasteiger partial charge on any atom is -0.466 e. The average Bonchev–Trinajstić information content (AvgIpc) is 2.45. The van der Waals surface area contributed by atoms with Gasteiger partial charge < -0.3 is 4.74 Å². The molecule has 0 aliphatic heterocycles. The normalized spacial score (nSPS) is 11.5. The SMILES string of the molecule is CCCCC(CCC(=O)OCC)=Nc1c(F)cccc1Br. The Hall–Kier alpha value is -1.23. The molecule has 0 aliphatic carbocycles. The molecular formula is C16H21BrFNO2. The van der Waals surface area contributed by atoms with Crippen LogP contribution in [0, 0.1) is 5.82 Å². The smallest absolute Gasteiger partial charge is 0.306 e. The first-order valence-corrected chi connectivity index (χ1v) is 8.03. The molecule has 0 atom stereocenters. The van der Waals surface area contributed by atoms with E-state index in [2.05, 4.69) is 27.8 Å². The van der Waals surface area contributed by atoms with Gasteiger partial charge >= 0.3 is 5.97 Å². The van der Waals surface area contributed by atoms with Gasteiger partial charge in [0.05, 0.1) is 13.0 Å². The summed E-state index contributed by atoms with van der Waals surface area (Å²) in [6.07, 6.45) is 3.53. The molecule has 116 valence electrons. The Labute approximate surface area is 133 Å². The Morgan fingerprint density at radius 2 is 2.05 bits per heavy atom. The molecule has 0 saturated carbocycles. The van der Waals surface area contributed by atoms with E-state index in [1.165, 1.54) is 6.07 Å². The maximum absolute atomic E-state index is 13.8. The van der Waals surface area contributed by atoms with Gasteiger partial charge in [0.2, 0.25) is 0 Å². The van der Waals surface area contributed by atoms with E-state index in [9.17, 15) is 9.18 Å². The molecule has 0 heterocycles. The predicted molar refractivity (Wildman–Crippen MR) is 86.6 cm³/mol. The van der Waals surface area contributed by atoms with Gasteiger partial charge in [-0.15, -0.1) is 0 Å². The lowest BCUT2D eigenvalue weighted by Gasteiger charge is -2.08. The highest BCUT2D eigenvalue weighted by atomic mass is 79.9. The summed E-state index contributed by atoms with van der Waals surface area (Å²) in [7, 11) is 0. The minimum absolute atomic E-state index is 0.241. The van der Waals surface area contributed by atoms with Gasteiger partial charge in [-0.1, -0.05) is 19.4 Å². The summed E-state index contributed by atoms with van der Waals surface area (Å²) in [6.45, 7) is 4.24. The van der Waals surface area contributed by atoms with Crippen LogP contribution < -0.4 is 0 Å². The number of halogens is 2. The molecule has 0 bridgehead atoms. The lowest BCUT2D eigenvalue weighted by molar-refractivity contribution is -0.142. The summed E-state index contributed by atoms with van der Waals surface area (Å²) in [6, 6.07) is 4.76. The van der Waals surface area contributed by atoms with Crippen LogP contribution in [0.2, 0.25) is 0 Å². The maximum atomic E-state index is 13.8. The standard InChI is InChI=1S/C16H21BrFNO2/c1-3-5-7-12(10-11-15(20)21-4-2)19-16-13(17)8-6-9-14(16)18/h6,8-9H,3-5,7,10-11H2,1-2H3. The molecule has 0 spiro atoms. The molecule has 0 fully saturated rings. The number of para-hydroxylation sites is 1. The second-order valence-electron chi connectivity index (χ2n) is 4.66. The van der Waals surface area contributed by atoms with Crippen LogP contribution in [0.3, 0.4) is 0 Å². The molecule has 0 aliphatic rings. The molecule has 0 radical (unpaired) electrons. The summed E-state index contributed by atoms with van der Waals surface area (Å²) in [5.41, 5.74) is 1.13. The van der Waals surface area contributed by atoms with Crippen LogP contribution in [0.5, 0.6) is 0 Å². The molecule has 0 aromatic heterocycles. The molecule has 0 N–H and O–H groups in total. The topological polar surface area (TPSA) is 38.7 Å². The van der Waals surface area contributed by atoms with Crippen LogP contribution in [-0.4, -0.2) is 18.3 Å². The molecule has 5 heteroatoms. The zero-order chi connectivity index (χ0) is 15.7. The molecule has 21 heavy (non-hydrogen) atoms. The fraction of sp³-hybridized carbons (Fsp3) is 0.500. The van der Waals surface area contributed by atoms with Gasteiger partial charge in [-0.3, -0.25) is 9.79 Å². The van der Waals surface area contributed by atoms with Crippen molar-refractivity contribution in [3.63, 3.8) is 0 Å². The first kappa shape index (κ1) is 17.8. The Balaban J connectivity index is 2.85. The number of carbonyl (C=O) groups excluding carboxylic acids is 1. The predicted octanol–water partition coefficient (Wildman–Crippen LogP) is 5.19. The van der Waals surface area contributed by atoms with Crippen molar-refractivity contribution in [1.29, 1.82) is 0 Å². The van der Waals surface area contributed by atoms with Gasteiger partial charge in [-0.2, -0.15) is 0 Å². The largest absolute Gasteiger partial charge is 0.466 e. The third-order valence-electron chi connectivity index (χ3n) is 2.95. The van der Waals surface area contributed by atoms with Crippen LogP contribution in [-0.2, 0) is 9.53 Å². The van der Waals surface area contributed by atoms with E-state index in [0.717, 1.165) is 25.0 Å². The summed E-state index contributed by atoms with van der Waals surface area (Å²) in [4.78, 5) is 15.9. The number of benzene rings is 1. The van der Waals surface area contributed by atoms with E-state index in [0.29, 0.717) is 23.2 Å². The Kier molecular flexibility index (Phi) is 8.20. The third kappa shape index (κ3) is 6.38. The van der Waals surface area contributed by atoms with E-state index in [-0.39, 0.29) is 18.2 Å². The third-order valence-corrected chi connectivity index (χ3v) is 3.59. The van der Waals surface area contributed by atoms with Crippen molar-refractivity contribution in [3.05, 3.63) is 28.5 Å². The fourth-order valence-electron chi connectivity index (χ4n) is 1.85. The highest BCUT2D eigenvalue weighted by Crippen LogP contribution is 2.29. The van der Waals surface area contributed by atoms with Gasteiger partial charge in [0, 0.05) is 10.2 Å². The number of esters is 1. The number of ether oxygens (including phenoxy) is 1. The molecule has 1 aromatic carbocycles. The van der Waals surface area contributed by atoms with Gasteiger partial charge in [-0.25, -0.2) is 4.39 Å². The fourth-order valence-corrected chi connectivity index (χ4v) is 2.28. The zero-order valence-electron chi connectivity index (χ0n) is 12.5. The first-order chi connectivity index (χ1) is 10.1. The van der Waals surface area contributed by atoms with E-state index < -0.39 is 0 Å². The van der Waals surface area contributed by atoms with Crippen LogP contribution in [0.15, 0.2) is 27.7 Å². The summed E-state index contributed by atoms with van der Waals surface area (Å²) in [5, 5.41) is 0. The van der Waals surface area contributed by atoms with Crippen molar-refractivity contribution >= 4 is 33.3 Å². The van der Waals surface area contributed by atoms with E-state index in [1.54, 1.807) is 19.1 Å². The van der Waals surface area contributed by atoms with Crippen molar-refractivity contribution in [2.75, 3.05) is 6.61 Å². The molecule has 1 rings (SSSR count). The number of rotatable bonds is 8. The second-order valence-corrected chi connectivity index (χ2v) is 5.51. The molecule has 0 saturated heterocycles. The van der Waals surface area contributed by atoms with Gasteiger partial charge in [0.25, 0.3) is 0 Å². The molecule has 1 aromatic rings. The quantitative estimate of drug-likeness (QED) is 0.474. The lowest BCUT2D eigenvalue weighted by Crippen LogP contribution is -2.08. The van der Waals surface area contributed by atoms with Crippen LogP contribution >= 0.6 is 15.9 Å². The van der Waals surface area contributed by atoms with E-state index in [1.807, 2.05) is 0 Å². The lowest BCUT2D eigenvalue weighted by atomic mass is 10.1. The van der Waals surface area contributed by atoms with Gasteiger partial charge in [-0.05, 0) is 54.2 Å². The van der Waals surface area contributed by atoms with Crippen molar-refractivity contribution in [2.24, 2.45) is 4.99 Å². The van der Waals surface area contributed by atoms with E-state index in [4.69, 9.17) is 4.74 Å². The highest BCUT2D eigenvalue weighted by molar-refractivity contribution is 9.10. The Morgan fingerprint density at radius 3 is 2.67 bits per heavy atom. The molecular weight excluding hydrogens is 337 g/mol. The van der Waals surface area contributed by atoms with Crippen LogP contribution in [0.1, 0.15) is 46.0 Å².